The predicted octanol–water partition coefficient (Wildman–Crippen LogP) is 1.21. The average Bonchev–Trinajstić information content (AvgIpc) is 2.80. The molecule has 0 unspecified atom stereocenters. The van der Waals surface area contributed by atoms with Crippen molar-refractivity contribution in [2.24, 2.45) is 0 Å². The molecule has 0 N–H and O–H groups in total. The molecular formula is C12H18N4O. The van der Waals surface area contributed by atoms with E-state index in [-0.39, 0.29) is 5.91 Å². The van der Waals surface area contributed by atoms with E-state index in [4.69, 9.17) is 5.26 Å². The fourth-order valence-corrected chi connectivity index (χ4v) is 1.61. The molecule has 0 aliphatic rings. The number of carbonyl (C=O) groups excluding carboxylic acids is 1. The molecule has 1 amide bonds. The highest BCUT2D eigenvalue weighted by atomic mass is 16.2. The van der Waals surface area contributed by atoms with Crippen LogP contribution in [0.25, 0.3) is 0 Å². The number of rotatable bonds is 6. The minimum absolute atomic E-state index is 0.0657. The van der Waals surface area contributed by atoms with Crippen LogP contribution in [0.3, 0.4) is 0 Å². The van der Waals surface area contributed by atoms with Crippen molar-refractivity contribution >= 4 is 5.91 Å². The summed E-state index contributed by atoms with van der Waals surface area (Å²) >= 11 is 0. The number of aromatic nitrogens is 2. The zero-order valence-corrected chi connectivity index (χ0v) is 10.4. The van der Waals surface area contributed by atoms with Gasteiger partial charge >= 0.3 is 0 Å². The molecule has 0 radical (unpaired) electrons. The maximum Gasteiger partial charge on any atom is 0.224 e. The third-order valence-electron chi connectivity index (χ3n) is 2.67. The van der Waals surface area contributed by atoms with E-state index in [9.17, 15) is 4.79 Å². The lowest BCUT2D eigenvalue weighted by atomic mass is 10.3. The zero-order valence-electron chi connectivity index (χ0n) is 10.4. The molecule has 0 saturated carbocycles. The molecule has 0 spiro atoms. The van der Waals surface area contributed by atoms with Crippen LogP contribution in [0, 0.1) is 11.3 Å². The molecule has 5 nitrogen and oxygen atoms in total. The fraction of sp³-hybridized carbons (Fsp3) is 0.583. The van der Waals surface area contributed by atoms with Gasteiger partial charge in [-0.05, 0) is 0 Å². The van der Waals surface area contributed by atoms with Crippen LogP contribution in [0.2, 0.25) is 0 Å². The van der Waals surface area contributed by atoms with Gasteiger partial charge in [-0.2, -0.15) is 5.26 Å². The van der Waals surface area contributed by atoms with E-state index in [2.05, 4.69) is 4.98 Å². The number of carbonyl (C=O) groups is 1. The Morgan fingerprint density at radius 3 is 3.06 bits per heavy atom. The Kier molecular flexibility index (Phi) is 5.21. The van der Waals surface area contributed by atoms with Gasteiger partial charge in [-0.15, -0.1) is 0 Å². The summed E-state index contributed by atoms with van der Waals surface area (Å²) in [5.74, 6) is 1.06. The van der Waals surface area contributed by atoms with E-state index in [1.54, 1.807) is 18.1 Å². The van der Waals surface area contributed by atoms with Gasteiger partial charge in [0.05, 0.1) is 12.5 Å². The number of nitriles is 1. The number of imidazole rings is 1. The van der Waals surface area contributed by atoms with Crippen LogP contribution in [0.4, 0.5) is 0 Å². The largest absolute Gasteiger partial charge is 0.345 e. The minimum atomic E-state index is 0.0657. The third-order valence-corrected chi connectivity index (χ3v) is 2.67. The van der Waals surface area contributed by atoms with Crippen molar-refractivity contribution in [2.75, 3.05) is 13.6 Å². The molecule has 0 aliphatic heterocycles. The quantitative estimate of drug-likeness (QED) is 0.743. The summed E-state index contributed by atoms with van der Waals surface area (Å²) in [5, 5.41) is 8.45. The molecule has 1 rings (SSSR count). The Bertz CT molecular complexity index is 405. The lowest BCUT2D eigenvalue weighted by Crippen LogP contribution is -2.28. The van der Waals surface area contributed by atoms with Gasteiger partial charge in [0.15, 0.2) is 0 Å². The highest BCUT2D eigenvalue weighted by Gasteiger charge is 2.09. The van der Waals surface area contributed by atoms with E-state index in [1.165, 1.54) is 0 Å². The fourth-order valence-electron chi connectivity index (χ4n) is 1.61. The second-order valence-corrected chi connectivity index (χ2v) is 3.86. The second-order valence-electron chi connectivity index (χ2n) is 3.86. The van der Waals surface area contributed by atoms with Gasteiger partial charge in [0.1, 0.15) is 5.82 Å². The van der Waals surface area contributed by atoms with Crippen LogP contribution in [0.15, 0.2) is 12.4 Å². The molecule has 1 aromatic heterocycles. The minimum Gasteiger partial charge on any atom is -0.345 e. The van der Waals surface area contributed by atoms with E-state index in [0.717, 1.165) is 12.2 Å². The Hall–Kier alpha value is -1.83. The van der Waals surface area contributed by atoms with E-state index in [1.807, 2.05) is 23.8 Å². The first-order valence-corrected chi connectivity index (χ1v) is 5.80. The number of amides is 1. The summed E-state index contributed by atoms with van der Waals surface area (Å²) in [5.41, 5.74) is 0. The summed E-state index contributed by atoms with van der Waals surface area (Å²) in [6.07, 6.45) is 5.34. The van der Waals surface area contributed by atoms with Gasteiger partial charge in [0.25, 0.3) is 0 Å². The van der Waals surface area contributed by atoms with Crippen LogP contribution in [-0.4, -0.2) is 34.0 Å². The standard InChI is InChI=1S/C12H18N4O/c1-3-11-14-7-10-16(11)9-5-12(17)15(2)8-4-6-13/h7,10H,3-5,8-9H2,1-2H3. The topological polar surface area (TPSA) is 61.9 Å². The Morgan fingerprint density at radius 1 is 1.65 bits per heavy atom. The van der Waals surface area contributed by atoms with E-state index < -0.39 is 0 Å². The molecule has 0 saturated heterocycles. The number of aryl methyl sites for hydroxylation is 2. The van der Waals surface area contributed by atoms with Crippen LogP contribution < -0.4 is 0 Å². The van der Waals surface area contributed by atoms with Crippen LogP contribution >= 0.6 is 0 Å². The molecule has 92 valence electrons. The summed E-state index contributed by atoms with van der Waals surface area (Å²) in [7, 11) is 1.73. The van der Waals surface area contributed by atoms with Crippen molar-refractivity contribution in [3.8, 4) is 6.07 Å². The smallest absolute Gasteiger partial charge is 0.224 e. The normalized spacial score (nSPS) is 9.94. The van der Waals surface area contributed by atoms with E-state index in [0.29, 0.717) is 25.9 Å². The lowest BCUT2D eigenvalue weighted by Gasteiger charge is -2.15. The summed E-state index contributed by atoms with van der Waals surface area (Å²) < 4.78 is 2.00. The second kappa shape index (κ2) is 6.69. The highest BCUT2D eigenvalue weighted by molar-refractivity contribution is 5.75. The maximum absolute atomic E-state index is 11.7. The van der Waals surface area contributed by atoms with Crippen molar-refractivity contribution in [1.29, 1.82) is 5.26 Å². The summed E-state index contributed by atoms with van der Waals surface area (Å²) in [6, 6.07) is 2.03. The van der Waals surface area contributed by atoms with Gasteiger partial charge in [-0.3, -0.25) is 4.79 Å². The van der Waals surface area contributed by atoms with Gasteiger partial charge in [0, 0.05) is 45.4 Å². The maximum atomic E-state index is 11.7. The van der Waals surface area contributed by atoms with Gasteiger partial charge < -0.3 is 9.47 Å². The van der Waals surface area contributed by atoms with Crippen molar-refractivity contribution in [1.82, 2.24) is 14.5 Å². The first-order valence-electron chi connectivity index (χ1n) is 5.80. The summed E-state index contributed by atoms with van der Waals surface area (Å²) in [6.45, 7) is 3.19. The van der Waals surface area contributed by atoms with Crippen molar-refractivity contribution in [2.45, 2.75) is 32.7 Å². The Balaban J connectivity index is 2.40. The zero-order chi connectivity index (χ0) is 12.7. The van der Waals surface area contributed by atoms with Crippen molar-refractivity contribution < 1.29 is 4.79 Å². The highest BCUT2D eigenvalue weighted by Crippen LogP contribution is 2.02. The molecule has 0 atom stereocenters. The molecule has 17 heavy (non-hydrogen) atoms. The van der Waals surface area contributed by atoms with E-state index >= 15 is 0 Å². The average molecular weight is 234 g/mol. The SMILES string of the molecule is CCc1nccn1CCC(=O)N(C)CCC#N. The van der Waals surface area contributed by atoms with Crippen LogP contribution in [0.1, 0.15) is 25.6 Å². The summed E-state index contributed by atoms with van der Waals surface area (Å²) in [4.78, 5) is 17.5. The first kappa shape index (κ1) is 13.2. The van der Waals surface area contributed by atoms with Crippen LogP contribution in [-0.2, 0) is 17.8 Å². The third kappa shape index (κ3) is 3.91. The number of nitrogens with zero attached hydrogens (tertiary/aromatic N) is 4. The molecule has 0 aliphatic carbocycles. The van der Waals surface area contributed by atoms with Crippen LogP contribution in [0.5, 0.6) is 0 Å². The molecule has 0 fully saturated rings. The van der Waals surface area contributed by atoms with Crippen molar-refractivity contribution in [3.63, 3.8) is 0 Å². The van der Waals surface area contributed by atoms with Gasteiger partial charge in [-0.25, -0.2) is 4.98 Å². The Labute approximate surface area is 102 Å². The lowest BCUT2D eigenvalue weighted by molar-refractivity contribution is -0.130. The number of hydrogen-bond donors (Lipinski definition) is 0. The molecule has 0 bridgehead atoms. The van der Waals surface area contributed by atoms with Gasteiger partial charge in [-0.1, -0.05) is 6.92 Å². The monoisotopic (exact) mass is 234 g/mol. The predicted molar refractivity (Wildman–Crippen MR) is 64.1 cm³/mol. The van der Waals surface area contributed by atoms with Gasteiger partial charge in [0.2, 0.25) is 5.91 Å². The molecule has 0 aromatic carbocycles. The molecule has 5 heteroatoms. The molecule has 1 heterocycles. The number of hydrogen-bond acceptors (Lipinski definition) is 3. The molecular weight excluding hydrogens is 216 g/mol. The first-order chi connectivity index (χ1) is 8.19. The Morgan fingerprint density at radius 2 is 2.41 bits per heavy atom. The molecule has 1 aromatic rings. The van der Waals surface area contributed by atoms with Crippen molar-refractivity contribution in [3.05, 3.63) is 18.2 Å².